The molecule has 8 heteroatoms. The molecule has 0 aliphatic rings. The van der Waals surface area contributed by atoms with Crippen LogP contribution in [0, 0.1) is 5.92 Å². The fourth-order valence-electron chi connectivity index (χ4n) is 2.62. The van der Waals surface area contributed by atoms with Crippen LogP contribution < -0.4 is 10.6 Å². The number of nitrogens with one attached hydrogen (secondary N) is 2. The molecule has 0 radical (unpaired) electrons. The first-order valence-electron chi connectivity index (χ1n) is 9.25. The lowest BCUT2D eigenvalue weighted by molar-refractivity contribution is 0.137. The van der Waals surface area contributed by atoms with E-state index in [1.165, 1.54) is 0 Å². The van der Waals surface area contributed by atoms with Crippen LogP contribution in [0.5, 0.6) is 0 Å². The maximum Gasteiger partial charge on any atom is 0.226 e. The summed E-state index contributed by atoms with van der Waals surface area (Å²) in [5, 5.41) is 16.6. The fraction of sp³-hybridized carbons (Fsp3) is 0.474. The topological polar surface area (TPSA) is 101 Å². The molecular weight excluding hydrogens is 342 g/mol. The first kappa shape index (κ1) is 19.0. The van der Waals surface area contributed by atoms with E-state index in [2.05, 4.69) is 44.4 Å². The van der Waals surface area contributed by atoms with Crippen molar-refractivity contribution in [2.24, 2.45) is 5.92 Å². The largest absolute Gasteiger partial charge is 0.391 e. The van der Waals surface area contributed by atoms with Crippen molar-refractivity contribution in [1.82, 2.24) is 24.5 Å². The highest BCUT2D eigenvalue weighted by molar-refractivity contribution is 5.84. The van der Waals surface area contributed by atoms with Crippen molar-refractivity contribution in [3.05, 3.63) is 36.4 Å². The molecule has 0 bridgehead atoms. The monoisotopic (exact) mass is 369 g/mol. The number of aliphatic hydroxyl groups is 1. The Morgan fingerprint density at radius 3 is 2.63 bits per heavy atom. The minimum absolute atomic E-state index is 0.158. The van der Waals surface area contributed by atoms with Gasteiger partial charge in [0.15, 0.2) is 17.0 Å². The highest BCUT2D eigenvalue weighted by Gasteiger charge is 2.16. The zero-order valence-electron chi connectivity index (χ0n) is 16.2. The Bertz CT molecular complexity index is 876. The van der Waals surface area contributed by atoms with Crippen LogP contribution in [-0.2, 0) is 6.54 Å². The normalized spacial score (nSPS) is 12.7. The Hall–Kier alpha value is -2.74. The molecule has 8 nitrogen and oxygen atoms in total. The number of hydrogen-bond acceptors (Lipinski definition) is 7. The van der Waals surface area contributed by atoms with Crippen molar-refractivity contribution < 1.29 is 5.11 Å². The molecule has 0 aromatic carbocycles. The summed E-state index contributed by atoms with van der Waals surface area (Å²) in [6.45, 7) is 9.10. The highest BCUT2D eigenvalue weighted by Crippen LogP contribution is 2.24. The average Bonchev–Trinajstić information content (AvgIpc) is 3.09. The van der Waals surface area contributed by atoms with Gasteiger partial charge in [0.25, 0.3) is 0 Å². The number of aromatic nitrogens is 5. The summed E-state index contributed by atoms with van der Waals surface area (Å²) >= 11 is 0. The van der Waals surface area contributed by atoms with E-state index in [1.54, 1.807) is 12.5 Å². The maximum absolute atomic E-state index is 10.1. The molecule has 27 heavy (non-hydrogen) atoms. The summed E-state index contributed by atoms with van der Waals surface area (Å²) in [7, 11) is 0. The Morgan fingerprint density at radius 1 is 1.15 bits per heavy atom. The lowest BCUT2D eigenvalue weighted by atomic mass is 10.1. The zero-order valence-corrected chi connectivity index (χ0v) is 16.2. The number of pyridine rings is 1. The number of nitrogens with zero attached hydrogens (tertiary/aromatic N) is 5. The van der Waals surface area contributed by atoms with Crippen molar-refractivity contribution in [2.75, 3.05) is 17.2 Å². The zero-order chi connectivity index (χ0) is 19.4. The quantitative estimate of drug-likeness (QED) is 0.561. The van der Waals surface area contributed by atoms with Gasteiger partial charge in [0.05, 0.1) is 12.4 Å². The van der Waals surface area contributed by atoms with E-state index in [-0.39, 0.29) is 12.0 Å². The van der Waals surface area contributed by atoms with Gasteiger partial charge in [-0.2, -0.15) is 9.97 Å². The van der Waals surface area contributed by atoms with Gasteiger partial charge < -0.3 is 20.3 Å². The van der Waals surface area contributed by atoms with Gasteiger partial charge in [-0.05, 0) is 31.4 Å². The first-order valence-corrected chi connectivity index (χ1v) is 9.25. The molecule has 0 saturated carbocycles. The predicted octanol–water partition coefficient (Wildman–Crippen LogP) is 2.84. The van der Waals surface area contributed by atoms with Crippen molar-refractivity contribution in [1.29, 1.82) is 0 Å². The van der Waals surface area contributed by atoms with Gasteiger partial charge in [-0.15, -0.1) is 0 Å². The van der Waals surface area contributed by atoms with Gasteiger partial charge in [0, 0.05) is 31.5 Å². The number of imidazole rings is 1. The summed E-state index contributed by atoms with van der Waals surface area (Å²) in [5.41, 5.74) is 2.54. The van der Waals surface area contributed by atoms with E-state index in [0.717, 1.165) is 16.7 Å². The lowest BCUT2D eigenvalue weighted by Crippen LogP contribution is -2.25. The maximum atomic E-state index is 10.1. The second-order valence-corrected chi connectivity index (χ2v) is 7.22. The predicted molar refractivity (Wildman–Crippen MR) is 107 cm³/mol. The van der Waals surface area contributed by atoms with Crippen molar-refractivity contribution in [2.45, 2.75) is 46.4 Å². The fourth-order valence-corrected chi connectivity index (χ4v) is 2.62. The lowest BCUT2D eigenvalue weighted by Gasteiger charge is -2.16. The molecule has 1 atom stereocenters. The second-order valence-electron chi connectivity index (χ2n) is 7.22. The first-order chi connectivity index (χ1) is 13.0. The van der Waals surface area contributed by atoms with Crippen LogP contribution in [0.2, 0.25) is 0 Å². The van der Waals surface area contributed by atoms with Crippen LogP contribution in [0.25, 0.3) is 11.2 Å². The van der Waals surface area contributed by atoms with Crippen molar-refractivity contribution in [3.8, 4) is 0 Å². The number of hydrogen-bond donors (Lipinski definition) is 3. The molecule has 3 rings (SSSR count). The molecular formula is C19H27N7O. The number of fused-ring (bicyclic) bond motifs is 1. The van der Waals surface area contributed by atoms with Gasteiger partial charge in [-0.25, -0.2) is 4.98 Å². The van der Waals surface area contributed by atoms with E-state index >= 15 is 0 Å². The van der Waals surface area contributed by atoms with Crippen LogP contribution in [0.4, 0.5) is 11.8 Å². The summed E-state index contributed by atoms with van der Waals surface area (Å²) < 4.78 is 2.01. The molecule has 3 N–H and O–H groups in total. The third-order valence-corrected chi connectivity index (χ3v) is 4.40. The molecule has 0 amide bonds. The third kappa shape index (κ3) is 4.51. The van der Waals surface area contributed by atoms with Gasteiger partial charge in [0.2, 0.25) is 5.95 Å². The van der Waals surface area contributed by atoms with E-state index < -0.39 is 6.10 Å². The molecule has 1 unspecified atom stereocenters. The molecule has 0 aliphatic carbocycles. The Morgan fingerprint density at radius 2 is 1.96 bits per heavy atom. The standard InChI is InChI=1S/C19H27N7O/c1-12(2)15(27)10-22-19-24-17(21-9-14-6-5-7-20-8-14)16-18(25-19)26(11-23-16)13(3)4/h5-8,11-13,15,27H,9-10H2,1-4H3,(H2,21,22,24,25). The molecule has 0 fully saturated rings. The van der Waals surface area contributed by atoms with Crippen LogP contribution >= 0.6 is 0 Å². The van der Waals surface area contributed by atoms with Gasteiger partial charge in [-0.3, -0.25) is 4.98 Å². The molecule has 0 spiro atoms. The van der Waals surface area contributed by atoms with E-state index in [4.69, 9.17) is 0 Å². The van der Waals surface area contributed by atoms with Crippen molar-refractivity contribution >= 4 is 22.9 Å². The molecule has 0 aliphatic heterocycles. The van der Waals surface area contributed by atoms with Crippen molar-refractivity contribution in [3.63, 3.8) is 0 Å². The summed E-state index contributed by atoms with van der Waals surface area (Å²) in [6.07, 6.45) is 4.88. The average molecular weight is 369 g/mol. The number of rotatable bonds is 8. The van der Waals surface area contributed by atoms with Gasteiger partial charge >= 0.3 is 0 Å². The summed E-state index contributed by atoms with van der Waals surface area (Å²) in [4.78, 5) is 17.8. The molecule has 144 valence electrons. The Labute approximate surface area is 159 Å². The van der Waals surface area contributed by atoms with E-state index in [1.807, 2.05) is 36.7 Å². The molecule has 3 aromatic heterocycles. The van der Waals surface area contributed by atoms with Gasteiger partial charge in [-0.1, -0.05) is 19.9 Å². The number of aliphatic hydroxyl groups excluding tert-OH is 1. The molecule has 0 saturated heterocycles. The van der Waals surface area contributed by atoms with Crippen LogP contribution in [0.1, 0.15) is 39.3 Å². The summed E-state index contributed by atoms with van der Waals surface area (Å²) in [6, 6.07) is 4.13. The summed E-state index contributed by atoms with van der Waals surface area (Å²) in [5.74, 6) is 1.29. The van der Waals surface area contributed by atoms with Gasteiger partial charge in [0.1, 0.15) is 0 Å². The van der Waals surface area contributed by atoms with Crippen LogP contribution in [0.15, 0.2) is 30.9 Å². The number of anilines is 2. The molecule has 3 aromatic rings. The van der Waals surface area contributed by atoms with Crippen LogP contribution in [-0.4, -0.2) is 42.3 Å². The van der Waals surface area contributed by atoms with E-state index in [0.29, 0.717) is 24.9 Å². The van der Waals surface area contributed by atoms with E-state index in [9.17, 15) is 5.11 Å². The van der Waals surface area contributed by atoms with Crippen LogP contribution in [0.3, 0.4) is 0 Å². The Kier molecular flexibility index (Phi) is 5.85. The SMILES string of the molecule is CC(C)C(O)CNc1nc(NCc2cccnc2)c2ncn(C(C)C)c2n1. The minimum atomic E-state index is -0.467. The second kappa shape index (κ2) is 8.30. The smallest absolute Gasteiger partial charge is 0.226 e. The molecule has 3 heterocycles. The highest BCUT2D eigenvalue weighted by atomic mass is 16.3. The third-order valence-electron chi connectivity index (χ3n) is 4.40. The Balaban J connectivity index is 1.89. The minimum Gasteiger partial charge on any atom is -0.391 e.